The fraction of sp³-hybridized carbons (Fsp3) is 0.261. The summed E-state index contributed by atoms with van der Waals surface area (Å²) in [7, 11) is 0. The van der Waals surface area contributed by atoms with Crippen LogP contribution < -0.4 is 0 Å². The number of fused-ring (bicyclic) bond motifs is 1. The number of rotatable bonds is 4. The summed E-state index contributed by atoms with van der Waals surface area (Å²) in [5, 5.41) is 6.80. The van der Waals surface area contributed by atoms with Crippen LogP contribution in [0.3, 0.4) is 0 Å². The number of pyridine rings is 1. The number of hydrogen-bond donors (Lipinski definition) is 1. The molecule has 0 saturated carbocycles. The van der Waals surface area contributed by atoms with Crippen molar-refractivity contribution in [2.24, 2.45) is 5.92 Å². The van der Waals surface area contributed by atoms with Gasteiger partial charge in [0.25, 0.3) is 0 Å². The topological polar surface area (TPSA) is 66.8 Å². The number of nitrogens with zero attached hydrogens (tertiary/aromatic N) is 4. The number of carbonyl (C=O) groups excluding carboxylic acids is 1. The van der Waals surface area contributed by atoms with E-state index in [1.807, 2.05) is 53.6 Å². The summed E-state index contributed by atoms with van der Waals surface area (Å²) in [4.78, 5) is 17.4. The van der Waals surface area contributed by atoms with Crippen LogP contribution in [0.25, 0.3) is 22.3 Å². The lowest BCUT2D eigenvalue weighted by atomic mass is 9.97. The van der Waals surface area contributed by atoms with Gasteiger partial charge in [-0.1, -0.05) is 36.4 Å². The van der Waals surface area contributed by atoms with Crippen molar-refractivity contribution in [3.05, 3.63) is 73.2 Å². The van der Waals surface area contributed by atoms with Crippen molar-refractivity contribution in [2.75, 3.05) is 13.1 Å². The van der Waals surface area contributed by atoms with Gasteiger partial charge in [0.05, 0.1) is 22.9 Å². The fourth-order valence-electron chi connectivity index (χ4n) is 3.69. The second kappa shape index (κ2) is 9.19. The smallest absolute Gasteiger partial charge is 0.209 e. The third-order valence-electron chi connectivity index (χ3n) is 5.34. The first-order chi connectivity index (χ1) is 14.3. The van der Waals surface area contributed by atoms with Crippen molar-refractivity contribution in [3.63, 3.8) is 0 Å². The lowest BCUT2D eigenvalue weighted by Gasteiger charge is -2.29. The van der Waals surface area contributed by atoms with Gasteiger partial charge in [0, 0.05) is 37.6 Å². The molecule has 1 aromatic carbocycles. The van der Waals surface area contributed by atoms with Crippen LogP contribution in [0.5, 0.6) is 0 Å². The van der Waals surface area contributed by atoms with Crippen LogP contribution in [0.2, 0.25) is 0 Å². The Kier molecular flexibility index (Phi) is 6.00. The van der Waals surface area contributed by atoms with Crippen LogP contribution in [0.4, 0.5) is 0 Å². The van der Waals surface area contributed by atoms with Gasteiger partial charge in [0.15, 0.2) is 0 Å². The number of hydrogen-bond acceptors (Lipinski definition) is 3. The molecule has 0 atom stereocenters. The Balaban J connectivity index is 0.000000294. The second-order valence-electron chi connectivity index (χ2n) is 7.30. The summed E-state index contributed by atoms with van der Waals surface area (Å²) in [5.41, 5.74) is 4.10. The Hall–Kier alpha value is -3.41. The Bertz CT molecular complexity index is 991. The molecular formula is C23H25N5O. The normalized spacial score (nSPS) is 14.4. The van der Waals surface area contributed by atoms with E-state index in [1.165, 1.54) is 0 Å². The van der Waals surface area contributed by atoms with E-state index in [1.54, 1.807) is 6.20 Å². The molecular weight excluding hydrogens is 362 g/mol. The monoisotopic (exact) mass is 387 g/mol. The molecule has 5 rings (SSSR count). The highest BCUT2D eigenvalue weighted by atomic mass is 16.1. The Labute approximate surface area is 170 Å². The molecule has 1 N–H and O–H groups in total. The molecule has 6 nitrogen and oxygen atoms in total. The highest BCUT2D eigenvalue weighted by Crippen LogP contribution is 2.24. The number of benzene rings is 1. The van der Waals surface area contributed by atoms with Crippen molar-refractivity contribution in [3.8, 4) is 11.3 Å². The predicted octanol–water partition coefficient (Wildman–Crippen LogP) is 3.98. The number of aromatic nitrogens is 4. The average Bonchev–Trinajstić information content (AvgIpc) is 3.46. The van der Waals surface area contributed by atoms with E-state index in [9.17, 15) is 4.79 Å². The number of carbonyl (C=O) groups is 1. The van der Waals surface area contributed by atoms with Crippen LogP contribution in [0.15, 0.2) is 73.2 Å². The molecule has 29 heavy (non-hydrogen) atoms. The van der Waals surface area contributed by atoms with Crippen LogP contribution >= 0.6 is 0 Å². The number of aromatic amines is 1. The predicted molar refractivity (Wildman–Crippen MR) is 114 cm³/mol. The van der Waals surface area contributed by atoms with E-state index < -0.39 is 0 Å². The van der Waals surface area contributed by atoms with Crippen LogP contribution in [-0.2, 0) is 11.3 Å². The van der Waals surface area contributed by atoms with E-state index in [0.717, 1.165) is 61.2 Å². The van der Waals surface area contributed by atoms with Gasteiger partial charge in [-0.3, -0.25) is 9.89 Å². The molecule has 3 aromatic heterocycles. The Morgan fingerprint density at radius 1 is 1.03 bits per heavy atom. The first-order valence-corrected chi connectivity index (χ1v) is 9.98. The summed E-state index contributed by atoms with van der Waals surface area (Å²) < 4.78 is 2.28. The van der Waals surface area contributed by atoms with Crippen molar-refractivity contribution >= 4 is 17.4 Å². The lowest BCUT2D eigenvalue weighted by molar-refractivity contribution is -0.119. The first-order valence-electron chi connectivity index (χ1n) is 9.98. The Morgan fingerprint density at radius 2 is 1.76 bits per heavy atom. The quantitative estimate of drug-likeness (QED) is 0.539. The van der Waals surface area contributed by atoms with Gasteiger partial charge in [-0.05, 0) is 37.0 Å². The molecule has 0 bridgehead atoms. The SMILES string of the molecule is O=CN1CCC(Cn2ccc3nc(-c4cn[nH]c4)ccc32)CC1.c1ccccc1. The van der Waals surface area contributed by atoms with E-state index in [0.29, 0.717) is 5.92 Å². The van der Waals surface area contributed by atoms with Gasteiger partial charge in [0.1, 0.15) is 0 Å². The fourth-order valence-corrected chi connectivity index (χ4v) is 3.69. The highest BCUT2D eigenvalue weighted by molar-refractivity contribution is 5.79. The van der Waals surface area contributed by atoms with Gasteiger partial charge in [-0.25, -0.2) is 4.98 Å². The molecule has 1 aliphatic rings. The van der Waals surface area contributed by atoms with Gasteiger partial charge in [-0.15, -0.1) is 0 Å². The maximum atomic E-state index is 10.8. The number of H-pyrrole nitrogens is 1. The van der Waals surface area contributed by atoms with Gasteiger partial charge >= 0.3 is 0 Å². The zero-order valence-corrected chi connectivity index (χ0v) is 16.3. The van der Waals surface area contributed by atoms with E-state index in [2.05, 4.69) is 33.1 Å². The van der Waals surface area contributed by atoms with E-state index in [4.69, 9.17) is 4.98 Å². The summed E-state index contributed by atoms with van der Waals surface area (Å²) in [6, 6.07) is 18.2. The average molecular weight is 387 g/mol. The number of piperidine rings is 1. The molecule has 0 aliphatic carbocycles. The summed E-state index contributed by atoms with van der Waals surface area (Å²) in [5.74, 6) is 0.621. The number of nitrogens with one attached hydrogen (secondary N) is 1. The molecule has 6 heteroatoms. The van der Waals surface area contributed by atoms with Crippen LogP contribution in [0, 0.1) is 5.92 Å². The highest BCUT2D eigenvalue weighted by Gasteiger charge is 2.19. The third-order valence-corrected chi connectivity index (χ3v) is 5.34. The molecule has 0 spiro atoms. The number of likely N-dealkylation sites (tertiary alicyclic amines) is 1. The second-order valence-corrected chi connectivity index (χ2v) is 7.30. The first kappa shape index (κ1) is 18.9. The van der Waals surface area contributed by atoms with Gasteiger partial charge in [0.2, 0.25) is 6.41 Å². The van der Waals surface area contributed by atoms with E-state index in [-0.39, 0.29) is 0 Å². The standard InChI is InChI=1S/C17H19N5O.C6H6/c23-12-21-6-3-13(4-7-21)11-22-8-5-16-17(22)2-1-15(20-16)14-9-18-19-10-14;1-2-4-6-5-3-1/h1-2,5,8-10,12-13H,3-4,6-7,11H2,(H,18,19);1-6H. The van der Waals surface area contributed by atoms with Crippen molar-refractivity contribution in [1.29, 1.82) is 0 Å². The molecule has 148 valence electrons. The maximum Gasteiger partial charge on any atom is 0.209 e. The largest absolute Gasteiger partial charge is 0.346 e. The molecule has 1 amide bonds. The van der Waals surface area contributed by atoms with Gasteiger partial charge < -0.3 is 9.47 Å². The van der Waals surface area contributed by atoms with Crippen molar-refractivity contribution in [2.45, 2.75) is 19.4 Å². The molecule has 1 aliphatic heterocycles. The van der Waals surface area contributed by atoms with E-state index >= 15 is 0 Å². The lowest BCUT2D eigenvalue weighted by Crippen LogP contribution is -2.33. The minimum absolute atomic E-state index is 0.621. The maximum absolute atomic E-state index is 10.8. The van der Waals surface area contributed by atoms with Crippen LogP contribution in [-0.4, -0.2) is 44.1 Å². The molecule has 0 radical (unpaired) electrons. The van der Waals surface area contributed by atoms with Crippen molar-refractivity contribution in [1.82, 2.24) is 24.6 Å². The summed E-state index contributed by atoms with van der Waals surface area (Å²) in [6.45, 7) is 2.73. The summed E-state index contributed by atoms with van der Waals surface area (Å²) in [6.07, 6.45) is 8.85. The molecule has 1 fully saturated rings. The zero-order chi connectivity index (χ0) is 19.9. The zero-order valence-electron chi connectivity index (χ0n) is 16.3. The minimum atomic E-state index is 0.621. The summed E-state index contributed by atoms with van der Waals surface area (Å²) >= 11 is 0. The third kappa shape index (κ3) is 4.71. The van der Waals surface area contributed by atoms with Crippen LogP contribution in [0.1, 0.15) is 12.8 Å². The van der Waals surface area contributed by atoms with Gasteiger partial charge in [-0.2, -0.15) is 5.10 Å². The molecule has 1 saturated heterocycles. The van der Waals surface area contributed by atoms with Crippen molar-refractivity contribution < 1.29 is 4.79 Å². The molecule has 0 unspecified atom stereocenters. The Morgan fingerprint density at radius 3 is 2.38 bits per heavy atom. The molecule has 4 heterocycles. The number of amides is 1. The molecule has 4 aromatic rings. The minimum Gasteiger partial charge on any atom is -0.346 e.